The van der Waals surface area contributed by atoms with Crippen LogP contribution in [-0.4, -0.2) is 91.3 Å². The van der Waals surface area contributed by atoms with E-state index in [9.17, 15) is 13.2 Å². The summed E-state index contributed by atoms with van der Waals surface area (Å²) in [4.78, 5) is 18.5. The summed E-state index contributed by atoms with van der Waals surface area (Å²) in [7, 11) is 1.45. The van der Waals surface area contributed by atoms with Gasteiger partial charge >= 0.3 is 6.18 Å². The van der Waals surface area contributed by atoms with Gasteiger partial charge in [-0.1, -0.05) is 0 Å². The minimum atomic E-state index is -4.18. The van der Waals surface area contributed by atoms with Gasteiger partial charge < -0.3 is 15.1 Å². The first kappa shape index (κ1) is 20.2. The van der Waals surface area contributed by atoms with Crippen LogP contribution in [0.15, 0.2) is 23.5 Å². The fraction of sp³-hybridized carbons (Fsp3) is 0.688. The molecule has 10 heteroatoms. The van der Waals surface area contributed by atoms with Gasteiger partial charge in [-0.05, 0) is 20.0 Å². The van der Waals surface area contributed by atoms with Gasteiger partial charge in [0.15, 0.2) is 5.96 Å². The van der Waals surface area contributed by atoms with Crippen LogP contribution in [0.3, 0.4) is 0 Å². The predicted octanol–water partition coefficient (Wildman–Crippen LogP) is 1.06. The van der Waals surface area contributed by atoms with Gasteiger partial charge in [0.2, 0.25) is 5.95 Å². The number of hydrogen-bond acceptors (Lipinski definition) is 5. The van der Waals surface area contributed by atoms with E-state index < -0.39 is 12.7 Å². The topological polar surface area (TPSA) is 59.9 Å². The fourth-order valence-electron chi connectivity index (χ4n) is 2.71. The van der Waals surface area contributed by atoms with Crippen molar-refractivity contribution >= 4 is 11.9 Å². The van der Waals surface area contributed by atoms with E-state index in [0.717, 1.165) is 32.1 Å². The zero-order valence-corrected chi connectivity index (χ0v) is 15.2. The Labute approximate surface area is 151 Å². The first-order valence-corrected chi connectivity index (χ1v) is 8.69. The normalized spacial score (nSPS) is 16.3. The van der Waals surface area contributed by atoms with Crippen LogP contribution in [0.4, 0.5) is 19.1 Å². The number of piperazine rings is 1. The molecular formula is C16H26F3N7. The number of likely N-dealkylation sites (N-methyl/N-ethyl adjacent to an activating group) is 1. The lowest BCUT2D eigenvalue weighted by Gasteiger charge is -2.36. The Hall–Kier alpha value is -2.10. The average molecular weight is 373 g/mol. The largest absolute Gasteiger partial charge is 0.401 e. The van der Waals surface area contributed by atoms with Crippen LogP contribution >= 0.6 is 0 Å². The molecule has 2 rings (SSSR count). The molecule has 1 saturated heterocycles. The van der Waals surface area contributed by atoms with Crippen LogP contribution in [-0.2, 0) is 0 Å². The third-order valence-electron chi connectivity index (χ3n) is 3.94. The molecule has 7 nitrogen and oxygen atoms in total. The number of hydrogen-bond donors (Lipinski definition) is 1. The molecule has 1 aromatic heterocycles. The van der Waals surface area contributed by atoms with E-state index >= 15 is 0 Å². The Morgan fingerprint density at radius 2 is 1.88 bits per heavy atom. The molecule has 1 fully saturated rings. The lowest BCUT2D eigenvalue weighted by Crippen LogP contribution is -2.53. The second-order valence-electron chi connectivity index (χ2n) is 6.11. The summed E-state index contributed by atoms with van der Waals surface area (Å²) in [5, 5.41) is 3.21. The molecule has 0 bridgehead atoms. The van der Waals surface area contributed by atoms with Crippen LogP contribution < -0.4 is 10.2 Å². The monoisotopic (exact) mass is 373 g/mol. The Balaban J connectivity index is 1.85. The zero-order chi connectivity index (χ0) is 19.0. The van der Waals surface area contributed by atoms with Crippen LogP contribution in [0.25, 0.3) is 0 Å². The van der Waals surface area contributed by atoms with Crippen LogP contribution in [0.2, 0.25) is 0 Å². The fourth-order valence-corrected chi connectivity index (χ4v) is 2.71. The second-order valence-corrected chi connectivity index (χ2v) is 6.11. The van der Waals surface area contributed by atoms with E-state index in [1.165, 1.54) is 11.9 Å². The molecule has 0 atom stereocenters. The number of halogens is 3. The van der Waals surface area contributed by atoms with E-state index in [-0.39, 0.29) is 6.54 Å². The zero-order valence-electron chi connectivity index (χ0n) is 15.2. The van der Waals surface area contributed by atoms with Gasteiger partial charge in [0.05, 0.1) is 13.1 Å². The molecule has 0 unspecified atom stereocenters. The Morgan fingerprint density at radius 1 is 1.23 bits per heavy atom. The molecule has 146 valence electrons. The van der Waals surface area contributed by atoms with Crippen molar-refractivity contribution < 1.29 is 13.2 Å². The summed E-state index contributed by atoms with van der Waals surface area (Å²) < 4.78 is 37.1. The third kappa shape index (κ3) is 6.66. The van der Waals surface area contributed by atoms with E-state index in [0.29, 0.717) is 19.0 Å². The molecule has 2 heterocycles. The summed E-state index contributed by atoms with van der Waals surface area (Å²) in [6.45, 7) is 5.37. The van der Waals surface area contributed by atoms with Crippen LogP contribution in [0.5, 0.6) is 0 Å². The Kier molecular flexibility index (Phi) is 7.43. The van der Waals surface area contributed by atoms with Crippen molar-refractivity contribution in [3.05, 3.63) is 18.5 Å². The molecule has 1 aliphatic heterocycles. The summed E-state index contributed by atoms with van der Waals surface area (Å²) >= 11 is 0. The second kappa shape index (κ2) is 9.56. The molecule has 1 aromatic rings. The molecule has 0 amide bonds. The highest BCUT2D eigenvalue weighted by Crippen LogP contribution is 2.15. The highest BCUT2D eigenvalue weighted by Gasteiger charge is 2.29. The molecule has 1 N–H and O–H groups in total. The molecule has 0 radical (unpaired) electrons. The van der Waals surface area contributed by atoms with Gasteiger partial charge in [-0.15, -0.1) is 0 Å². The molecule has 0 saturated carbocycles. The molecule has 1 aliphatic rings. The van der Waals surface area contributed by atoms with Gasteiger partial charge in [-0.2, -0.15) is 13.2 Å². The SMILES string of the molecule is CCNC(=NCCN(C)CC(F)(F)F)N1CCN(c2ncccn2)CC1. The van der Waals surface area contributed by atoms with E-state index in [2.05, 4.69) is 30.1 Å². The van der Waals surface area contributed by atoms with Crippen molar-refractivity contribution in [2.24, 2.45) is 4.99 Å². The highest BCUT2D eigenvalue weighted by molar-refractivity contribution is 5.80. The standard InChI is InChI=1S/C16H26F3N7/c1-3-20-14(23-7-8-24(2)13-16(17,18)19)25-9-11-26(12-10-25)15-21-5-4-6-22-15/h4-6H,3,7-13H2,1-2H3,(H,20,23). The van der Waals surface area contributed by atoms with Crippen molar-refractivity contribution in [2.75, 3.05) is 64.3 Å². The summed E-state index contributed by atoms with van der Waals surface area (Å²) in [5.41, 5.74) is 0. The maximum Gasteiger partial charge on any atom is 0.401 e. The molecular weight excluding hydrogens is 347 g/mol. The number of nitrogens with zero attached hydrogens (tertiary/aromatic N) is 6. The number of nitrogens with one attached hydrogen (secondary N) is 1. The van der Waals surface area contributed by atoms with Crippen molar-refractivity contribution in [1.82, 2.24) is 25.1 Å². The van der Waals surface area contributed by atoms with E-state index in [1.54, 1.807) is 18.5 Å². The van der Waals surface area contributed by atoms with Gasteiger partial charge in [-0.3, -0.25) is 9.89 Å². The molecule has 0 spiro atoms. The Morgan fingerprint density at radius 3 is 2.46 bits per heavy atom. The van der Waals surface area contributed by atoms with Crippen molar-refractivity contribution in [2.45, 2.75) is 13.1 Å². The lowest BCUT2D eigenvalue weighted by atomic mass is 10.3. The minimum absolute atomic E-state index is 0.256. The summed E-state index contributed by atoms with van der Waals surface area (Å²) in [6, 6.07) is 1.78. The quantitative estimate of drug-likeness (QED) is 0.594. The smallest absolute Gasteiger partial charge is 0.357 e. The minimum Gasteiger partial charge on any atom is -0.357 e. The van der Waals surface area contributed by atoms with Crippen molar-refractivity contribution in [3.8, 4) is 0 Å². The van der Waals surface area contributed by atoms with Gasteiger partial charge in [0, 0.05) is 51.7 Å². The van der Waals surface area contributed by atoms with E-state index in [4.69, 9.17) is 0 Å². The number of guanidine groups is 1. The number of aliphatic imine (C=N–C) groups is 1. The van der Waals surface area contributed by atoms with E-state index in [1.807, 2.05) is 6.92 Å². The van der Waals surface area contributed by atoms with Crippen LogP contribution in [0.1, 0.15) is 6.92 Å². The van der Waals surface area contributed by atoms with Gasteiger partial charge in [0.25, 0.3) is 0 Å². The Bertz CT molecular complexity index is 557. The average Bonchev–Trinajstić information content (AvgIpc) is 2.60. The lowest BCUT2D eigenvalue weighted by molar-refractivity contribution is -0.142. The first-order valence-electron chi connectivity index (χ1n) is 8.69. The molecule has 0 aromatic carbocycles. The first-order chi connectivity index (χ1) is 12.4. The maximum absolute atomic E-state index is 12.4. The predicted molar refractivity (Wildman–Crippen MR) is 95.3 cm³/mol. The number of anilines is 1. The molecule has 0 aliphatic carbocycles. The third-order valence-corrected chi connectivity index (χ3v) is 3.94. The number of rotatable bonds is 6. The number of aromatic nitrogens is 2. The maximum atomic E-state index is 12.4. The van der Waals surface area contributed by atoms with Crippen LogP contribution in [0, 0.1) is 0 Å². The molecule has 26 heavy (non-hydrogen) atoms. The van der Waals surface area contributed by atoms with Gasteiger partial charge in [0.1, 0.15) is 0 Å². The number of alkyl halides is 3. The summed E-state index contributed by atoms with van der Waals surface area (Å²) in [5.74, 6) is 1.45. The summed E-state index contributed by atoms with van der Waals surface area (Å²) in [6.07, 6.45) is -0.742. The van der Waals surface area contributed by atoms with Crippen molar-refractivity contribution in [1.29, 1.82) is 0 Å². The highest BCUT2D eigenvalue weighted by atomic mass is 19.4. The van der Waals surface area contributed by atoms with Gasteiger partial charge in [-0.25, -0.2) is 9.97 Å². The van der Waals surface area contributed by atoms with Crippen molar-refractivity contribution in [3.63, 3.8) is 0 Å².